The zero-order chi connectivity index (χ0) is 15.8. The fraction of sp³-hybridized carbons (Fsp3) is 0.429. The summed E-state index contributed by atoms with van der Waals surface area (Å²) in [4.78, 5) is 23.8. The quantitative estimate of drug-likeness (QED) is 0.781. The third kappa shape index (κ3) is 3.65. The number of hydroxylamine groups is 1. The number of ether oxygens (including phenoxy) is 1. The molecule has 7 heteroatoms. The van der Waals surface area contributed by atoms with Crippen molar-refractivity contribution in [2.24, 2.45) is 0 Å². The SMILES string of the molecule is CC(C)(C)OC(=O)N[C@H]1Cc2ccc(Cl)cc2N(O)C1=O. The number of rotatable bonds is 1. The minimum Gasteiger partial charge on any atom is -0.444 e. The molecule has 114 valence electrons. The van der Waals surface area contributed by atoms with Crippen LogP contribution in [0.5, 0.6) is 0 Å². The second-order valence-corrected chi connectivity index (χ2v) is 6.26. The predicted molar refractivity (Wildman–Crippen MR) is 77.6 cm³/mol. The molecule has 6 nitrogen and oxygen atoms in total. The Morgan fingerprint density at radius 1 is 1.48 bits per heavy atom. The minimum atomic E-state index is -0.876. The third-order valence-electron chi connectivity index (χ3n) is 2.90. The number of hydrogen-bond donors (Lipinski definition) is 2. The van der Waals surface area contributed by atoms with Gasteiger partial charge in [-0.05, 0) is 38.5 Å². The van der Waals surface area contributed by atoms with Crippen molar-refractivity contribution in [3.05, 3.63) is 28.8 Å². The average Bonchev–Trinajstić information content (AvgIpc) is 2.34. The van der Waals surface area contributed by atoms with E-state index in [-0.39, 0.29) is 6.42 Å². The maximum Gasteiger partial charge on any atom is 0.408 e. The van der Waals surface area contributed by atoms with Crippen LogP contribution in [0.25, 0.3) is 0 Å². The molecule has 0 radical (unpaired) electrons. The molecular weight excluding hydrogens is 296 g/mol. The third-order valence-corrected chi connectivity index (χ3v) is 3.13. The molecular formula is C14H17ClN2O4. The highest BCUT2D eigenvalue weighted by Gasteiger charge is 2.34. The van der Waals surface area contributed by atoms with E-state index in [1.807, 2.05) is 0 Å². The maximum absolute atomic E-state index is 12.1. The molecule has 21 heavy (non-hydrogen) atoms. The van der Waals surface area contributed by atoms with Gasteiger partial charge in [-0.25, -0.2) is 4.79 Å². The number of benzene rings is 1. The Labute approximate surface area is 127 Å². The first kappa shape index (κ1) is 15.6. The number of carbonyl (C=O) groups excluding carboxylic acids is 2. The number of fused-ring (bicyclic) bond motifs is 1. The molecule has 2 amide bonds. The number of amides is 2. The molecule has 0 fully saturated rings. The zero-order valence-corrected chi connectivity index (χ0v) is 12.8. The van der Waals surface area contributed by atoms with Crippen molar-refractivity contribution < 1.29 is 19.5 Å². The number of alkyl carbamates (subject to hydrolysis) is 1. The molecule has 0 unspecified atom stereocenters. The van der Waals surface area contributed by atoms with E-state index in [4.69, 9.17) is 16.3 Å². The lowest BCUT2D eigenvalue weighted by Crippen LogP contribution is -2.52. The Kier molecular flexibility index (Phi) is 4.11. The highest BCUT2D eigenvalue weighted by molar-refractivity contribution is 6.31. The standard InChI is InChI=1S/C14H17ClN2O4/c1-14(2,3)21-13(19)16-10-6-8-4-5-9(15)7-11(8)17(20)12(10)18/h4-5,7,10,20H,6H2,1-3H3,(H,16,19)/t10-/m0/s1. The summed E-state index contributed by atoms with van der Waals surface area (Å²) < 4.78 is 5.11. The molecule has 1 aliphatic heterocycles. The lowest BCUT2D eigenvalue weighted by Gasteiger charge is -2.30. The lowest BCUT2D eigenvalue weighted by molar-refractivity contribution is -0.126. The fourth-order valence-corrected chi connectivity index (χ4v) is 2.21. The molecule has 1 aliphatic rings. The van der Waals surface area contributed by atoms with Crippen LogP contribution in [-0.4, -0.2) is 28.9 Å². The molecule has 0 aromatic heterocycles. The first-order valence-electron chi connectivity index (χ1n) is 6.48. The van der Waals surface area contributed by atoms with Gasteiger partial charge in [0.05, 0.1) is 5.69 Å². The van der Waals surface area contributed by atoms with Crippen LogP contribution in [0, 0.1) is 0 Å². The fourth-order valence-electron chi connectivity index (χ4n) is 2.04. The minimum absolute atomic E-state index is 0.266. The number of carbonyl (C=O) groups is 2. The summed E-state index contributed by atoms with van der Waals surface area (Å²) in [6.45, 7) is 5.18. The van der Waals surface area contributed by atoms with Gasteiger partial charge in [0.1, 0.15) is 11.6 Å². The molecule has 1 aromatic carbocycles. The molecule has 2 N–H and O–H groups in total. The smallest absolute Gasteiger partial charge is 0.408 e. The maximum atomic E-state index is 12.1. The van der Waals surface area contributed by atoms with E-state index in [1.54, 1.807) is 32.9 Å². The van der Waals surface area contributed by atoms with Crippen LogP contribution >= 0.6 is 11.6 Å². The topological polar surface area (TPSA) is 78.9 Å². The van der Waals surface area contributed by atoms with Crippen LogP contribution < -0.4 is 10.4 Å². The van der Waals surface area contributed by atoms with E-state index in [0.29, 0.717) is 21.3 Å². The van der Waals surface area contributed by atoms with Crippen molar-refractivity contribution in [2.75, 3.05) is 5.06 Å². The molecule has 0 saturated heterocycles. The molecule has 1 aromatic rings. The number of halogens is 1. The van der Waals surface area contributed by atoms with E-state index in [1.165, 1.54) is 6.07 Å². The monoisotopic (exact) mass is 312 g/mol. The Hall–Kier alpha value is -1.79. The van der Waals surface area contributed by atoms with Crippen molar-refractivity contribution in [3.63, 3.8) is 0 Å². The zero-order valence-electron chi connectivity index (χ0n) is 12.0. The number of nitrogens with one attached hydrogen (secondary N) is 1. The van der Waals surface area contributed by atoms with Crippen LogP contribution in [0.3, 0.4) is 0 Å². The van der Waals surface area contributed by atoms with Crippen molar-refractivity contribution in [1.82, 2.24) is 5.32 Å². The van der Waals surface area contributed by atoms with Gasteiger partial charge in [0.2, 0.25) is 0 Å². The van der Waals surface area contributed by atoms with Crippen LogP contribution in [0.2, 0.25) is 5.02 Å². The van der Waals surface area contributed by atoms with Crippen LogP contribution in [0.15, 0.2) is 18.2 Å². The van der Waals surface area contributed by atoms with Crippen molar-refractivity contribution in [1.29, 1.82) is 0 Å². The van der Waals surface area contributed by atoms with Crippen molar-refractivity contribution in [3.8, 4) is 0 Å². The van der Waals surface area contributed by atoms with Crippen LogP contribution in [0.4, 0.5) is 10.5 Å². The predicted octanol–water partition coefficient (Wildman–Crippen LogP) is 2.51. The van der Waals surface area contributed by atoms with Gasteiger partial charge >= 0.3 is 6.09 Å². The molecule has 0 saturated carbocycles. The molecule has 2 rings (SSSR count). The van der Waals surface area contributed by atoms with Gasteiger partial charge in [0.25, 0.3) is 5.91 Å². The Morgan fingerprint density at radius 2 is 2.14 bits per heavy atom. The van der Waals surface area contributed by atoms with Gasteiger partial charge < -0.3 is 10.1 Å². The van der Waals surface area contributed by atoms with E-state index >= 15 is 0 Å². The molecule has 0 aliphatic carbocycles. The Balaban J connectivity index is 2.15. The second kappa shape index (κ2) is 5.54. The summed E-state index contributed by atoms with van der Waals surface area (Å²) in [6.07, 6.45) is -0.437. The van der Waals surface area contributed by atoms with Crippen LogP contribution in [-0.2, 0) is 16.0 Å². The highest BCUT2D eigenvalue weighted by atomic mass is 35.5. The molecule has 0 spiro atoms. The van der Waals surface area contributed by atoms with E-state index in [0.717, 1.165) is 0 Å². The number of nitrogens with zero attached hydrogens (tertiary/aromatic N) is 1. The first-order valence-corrected chi connectivity index (χ1v) is 6.86. The Bertz CT molecular complexity index is 583. The van der Waals surface area contributed by atoms with E-state index in [9.17, 15) is 14.8 Å². The van der Waals surface area contributed by atoms with Gasteiger partial charge in [0, 0.05) is 11.4 Å². The number of hydrogen-bond acceptors (Lipinski definition) is 4. The average molecular weight is 313 g/mol. The van der Waals surface area contributed by atoms with Gasteiger partial charge in [0.15, 0.2) is 0 Å². The summed E-state index contributed by atoms with van der Waals surface area (Å²) in [6, 6.07) is 3.99. The summed E-state index contributed by atoms with van der Waals surface area (Å²) in [5, 5.41) is 13.3. The molecule has 0 bridgehead atoms. The summed E-state index contributed by atoms with van der Waals surface area (Å²) in [5.74, 6) is -0.629. The summed E-state index contributed by atoms with van der Waals surface area (Å²) in [5.41, 5.74) is 0.379. The lowest BCUT2D eigenvalue weighted by atomic mass is 9.99. The van der Waals surface area contributed by atoms with Crippen molar-refractivity contribution in [2.45, 2.75) is 38.8 Å². The highest BCUT2D eigenvalue weighted by Crippen LogP contribution is 2.29. The number of anilines is 1. The molecule has 1 heterocycles. The molecule has 1 atom stereocenters. The van der Waals surface area contributed by atoms with Crippen LogP contribution in [0.1, 0.15) is 26.3 Å². The Morgan fingerprint density at radius 3 is 2.76 bits per heavy atom. The summed E-state index contributed by atoms with van der Waals surface area (Å²) in [7, 11) is 0. The van der Waals surface area contributed by atoms with Crippen molar-refractivity contribution >= 4 is 29.3 Å². The normalized spacial score (nSPS) is 18.2. The summed E-state index contributed by atoms with van der Waals surface area (Å²) >= 11 is 5.84. The van der Waals surface area contributed by atoms with Gasteiger partial charge in [-0.3, -0.25) is 10.0 Å². The first-order chi connectivity index (χ1) is 9.67. The second-order valence-electron chi connectivity index (χ2n) is 5.83. The van der Waals surface area contributed by atoms with E-state index < -0.39 is 23.6 Å². The van der Waals surface area contributed by atoms with Gasteiger partial charge in [-0.15, -0.1) is 0 Å². The van der Waals surface area contributed by atoms with Gasteiger partial charge in [-0.1, -0.05) is 17.7 Å². The van der Waals surface area contributed by atoms with Gasteiger partial charge in [-0.2, -0.15) is 5.06 Å². The van der Waals surface area contributed by atoms with E-state index in [2.05, 4.69) is 5.32 Å². The largest absolute Gasteiger partial charge is 0.444 e.